The van der Waals surface area contributed by atoms with Crippen LogP contribution >= 0.6 is 22.9 Å². The molecule has 1 unspecified atom stereocenters. The van der Waals surface area contributed by atoms with Gasteiger partial charge in [-0.2, -0.15) is 0 Å². The second-order valence-corrected chi connectivity index (χ2v) is 7.39. The van der Waals surface area contributed by atoms with Crippen LogP contribution in [0.5, 0.6) is 0 Å². The van der Waals surface area contributed by atoms with Gasteiger partial charge in [0.2, 0.25) is 0 Å². The van der Waals surface area contributed by atoms with Crippen molar-refractivity contribution in [1.29, 1.82) is 0 Å². The van der Waals surface area contributed by atoms with Crippen LogP contribution in [0.3, 0.4) is 0 Å². The lowest BCUT2D eigenvalue weighted by Crippen LogP contribution is -2.30. The van der Waals surface area contributed by atoms with E-state index in [2.05, 4.69) is 10.3 Å². The van der Waals surface area contributed by atoms with E-state index in [0.717, 1.165) is 5.56 Å². The Hall–Kier alpha value is -2.77. The van der Waals surface area contributed by atoms with Gasteiger partial charge in [0.15, 0.2) is 6.10 Å². The van der Waals surface area contributed by atoms with Gasteiger partial charge in [-0.1, -0.05) is 35.9 Å². The number of thiazole rings is 1. The molecule has 0 saturated carbocycles. The van der Waals surface area contributed by atoms with Crippen molar-refractivity contribution in [2.45, 2.75) is 20.0 Å². The molecule has 1 N–H and O–H groups in total. The second-order valence-electron chi connectivity index (χ2n) is 5.96. The summed E-state index contributed by atoms with van der Waals surface area (Å²) in [4.78, 5) is 29.4. The van der Waals surface area contributed by atoms with E-state index in [1.54, 1.807) is 37.3 Å². The van der Waals surface area contributed by atoms with Crippen LogP contribution < -0.4 is 5.32 Å². The van der Waals surface area contributed by atoms with Crippen LogP contribution in [0.25, 0.3) is 10.6 Å². The molecule has 0 aliphatic rings. The molecule has 0 aliphatic carbocycles. The van der Waals surface area contributed by atoms with E-state index in [1.807, 2.05) is 0 Å². The number of nitrogens with zero attached hydrogens (tertiary/aromatic N) is 1. The number of esters is 1. The van der Waals surface area contributed by atoms with Gasteiger partial charge in [0.05, 0.1) is 11.4 Å². The lowest BCUT2D eigenvalue weighted by Gasteiger charge is -2.13. The van der Waals surface area contributed by atoms with Gasteiger partial charge in [-0.25, -0.2) is 14.2 Å². The quantitative estimate of drug-likeness (QED) is 0.585. The molecular weight excluding hydrogens is 403 g/mol. The molecule has 1 heterocycles. The first-order chi connectivity index (χ1) is 13.3. The minimum absolute atomic E-state index is 0.0226. The van der Waals surface area contributed by atoms with Gasteiger partial charge in [0.1, 0.15) is 15.7 Å². The molecule has 0 radical (unpaired) electrons. The molecule has 28 heavy (non-hydrogen) atoms. The first-order valence-electron chi connectivity index (χ1n) is 8.35. The molecule has 5 nitrogen and oxygen atoms in total. The first-order valence-corrected chi connectivity index (χ1v) is 9.54. The normalized spacial score (nSPS) is 11.7. The number of rotatable bonds is 5. The Labute approximate surface area is 170 Å². The summed E-state index contributed by atoms with van der Waals surface area (Å²) in [5.74, 6) is -1.86. The van der Waals surface area contributed by atoms with Crippen molar-refractivity contribution in [3.63, 3.8) is 0 Å². The monoisotopic (exact) mass is 418 g/mol. The van der Waals surface area contributed by atoms with Crippen molar-refractivity contribution >= 4 is 40.5 Å². The molecule has 144 valence electrons. The molecule has 0 aliphatic heterocycles. The third kappa shape index (κ3) is 4.55. The number of hydrogen-bond acceptors (Lipinski definition) is 5. The minimum Gasteiger partial charge on any atom is -0.448 e. The average Bonchev–Trinajstić information content (AvgIpc) is 3.06. The molecule has 0 spiro atoms. The summed E-state index contributed by atoms with van der Waals surface area (Å²) < 4.78 is 18.9. The van der Waals surface area contributed by atoms with Crippen LogP contribution in [0.4, 0.5) is 10.1 Å². The summed E-state index contributed by atoms with van der Waals surface area (Å²) in [7, 11) is 0. The number of amides is 1. The zero-order valence-corrected chi connectivity index (χ0v) is 16.6. The minimum atomic E-state index is -1.10. The zero-order chi connectivity index (χ0) is 20.3. The van der Waals surface area contributed by atoms with E-state index in [9.17, 15) is 14.0 Å². The summed E-state index contributed by atoms with van der Waals surface area (Å²) in [6.45, 7) is 3.11. The van der Waals surface area contributed by atoms with Crippen LogP contribution in [0.2, 0.25) is 5.02 Å². The number of carbonyl (C=O) groups excluding carboxylic acids is 2. The third-order valence-corrected chi connectivity index (χ3v) is 5.30. The predicted octanol–water partition coefficient (Wildman–Crippen LogP) is 5.10. The Morgan fingerprint density at radius 2 is 1.86 bits per heavy atom. The van der Waals surface area contributed by atoms with Gasteiger partial charge in [-0.3, -0.25) is 4.79 Å². The van der Waals surface area contributed by atoms with E-state index in [1.165, 1.54) is 36.5 Å². The molecule has 0 fully saturated rings. The maximum absolute atomic E-state index is 13.6. The van der Waals surface area contributed by atoms with E-state index < -0.39 is 23.8 Å². The number of anilines is 1. The fourth-order valence-corrected chi connectivity index (χ4v) is 3.45. The van der Waals surface area contributed by atoms with Crippen LogP contribution in [0.15, 0.2) is 48.5 Å². The van der Waals surface area contributed by atoms with Crippen molar-refractivity contribution < 1.29 is 18.7 Å². The third-order valence-electron chi connectivity index (χ3n) is 3.86. The standard InChI is InChI=1S/C20H16ClFN2O3S/c1-11-17(28-19(23-11)13-7-9-14(21)10-8-13)20(26)27-12(2)18(25)24-16-6-4-3-5-15(16)22/h3-10,12H,1-2H3,(H,24,25). The van der Waals surface area contributed by atoms with Gasteiger partial charge >= 0.3 is 5.97 Å². The van der Waals surface area contributed by atoms with E-state index in [4.69, 9.17) is 16.3 Å². The van der Waals surface area contributed by atoms with E-state index in [0.29, 0.717) is 20.6 Å². The average molecular weight is 419 g/mol. The van der Waals surface area contributed by atoms with Gasteiger partial charge in [-0.15, -0.1) is 11.3 Å². The van der Waals surface area contributed by atoms with Crippen molar-refractivity contribution in [1.82, 2.24) is 4.98 Å². The second kappa shape index (κ2) is 8.50. The number of halogens is 2. The highest BCUT2D eigenvalue weighted by atomic mass is 35.5. The number of carbonyl (C=O) groups is 2. The topological polar surface area (TPSA) is 68.3 Å². The number of hydrogen-bond donors (Lipinski definition) is 1. The molecule has 1 atom stereocenters. The Morgan fingerprint density at radius 3 is 2.54 bits per heavy atom. The summed E-state index contributed by atoms with van der Waals surface area (Å²) in [5, 5.41) is 3.65. The highest BCUT2D eigenvalue weighted by molar-refractivity contribution is 7.17. The van der Waals surface area contributed by atoms with Crippen LogP contribution in [-0.2, 0) is 9.53 Å². The van der Waals surface area contributed by atoms with Crippen molar-refractivity contribution in [2.75, 3.05) is 5.32 Å². The predicted molar refractivity (Wildman–Crippen MR) is 107 cm³/mol. The van der Waals surface area contributed by atoms with Gasteiger partial charge in [0, 0.05) is 10.6 Å². The Bertz CT molecular complexity index is 1020. The van der Waals surface area contributed by atoms with Gasteiger partial charge in [0.25, 0.3) is 5.91 Å². The van der Waals surface area contributed by atoms with Crippen molar-refractivity contribution in [3.8, 4) is 10.6 Å². The zero-order valence-electron chi connectivity index (χ0n) is 15.0. The first kappa shape index (κ1) is 20.0. The summed E-state index contributed by atoms with van der Waals surface area (Å²) >= 11 is 7.05. The summed E-state index contributed by atoms with van der Waals surface area (Å²) in [6.07, 6.45) is -1.10. The molecular formula is C20H16ClFN2O3S. The molecule has 2 aromatic carbocycles. The molecule has 1 amide bonds. The SMILES string of the molecule is Cc1nc(-c2ccc(Cl)cc2)sc1C(=O)OC(C)C(=O)Nc1ccccc1F. The Morgan fingerprint density at radius 1 is 1.18 bits per heavy atom. The maximum Gasteiger partial charge on any atom is 0.351 e. The van der Waals surface area contributed by atoms with E-state index in [-0.39, 0.29) is 5.69 Å². The maximum atomic E-state index is 13.6. The number of nitrogens with one attached hydrogen (secondary N) is 1. The fraction of sp³-hybridized carbons (Fsp3) is 0.150. The number of aromatic nitrogens is 1. The Balaban J connectivity index is 1.69. The van der Waals surface area contributed by atoms with Crippen LogP contribution in [0, 0.1) is 12.7 Å². The molecule has 0 bridgehead atoms. The molecule has 0 saturated heterocycles. The number of ether oxygens (including phenoxy) is 1. The lowest BCUT2D eigenvalue weighted by atomic mass is 10.2. The van der Waals surface area contributed by atoms with E-state index >= 15 is 0 Å². The number of benzene rings is 2. The van der Waals surface area contributed by atoms with Gasteiger partial charge in [-0.05, 0) is 38.1 Å². The Kier molecular flexibility index (Phi) is 6.06. The number of aryl methyl sites for hydroxylation is 1. The van der Waals surface area contributed by atoms with Crippen LogP contribution in [0.1, 0.15) is 22.3 Å². The highest BCUT2D eigenvalue weighted by Crippen LogP contribution is 2.29. The molecule has 8 heteroatoms. The fourth-order valence-electron chi connectivity index (χ4n) is 2.37. The summed E-state index contributed by atoms with van der Waals surface area (Å²) in [6, 6.07) is 12.8. The molecule has 3 rings (SSSR count). The largest absolute Gasteiger partial charge is 0.448 e. The summed E-state index contributed by atoms with van der Waals surface area (Å²) in [5.41, 5.74) is 1.35. The number of para-hydroxylation sites is 1. The van der Waals surface area contributed by atoms with Gasteiger partial charge < -0.3 is 10.1 Å². The van der Waals surface area contributed by atoms with Crippen molar-refractivity contribution in [2.24, 2.45) is 0 Å². The molecule has 3 aromatic rings. The highest BCUT2D eigenvalue weighted by Gasteiger charge is 2.23. The van der Waals surface area contributed by atoms with Crippen molar-refractivity contribution in [3.05, 3.63) is 69.9 Å². The molecule has 1 aromatic heterocycles. The van der Waals surface area contributed by atoms with Crippen LogP contribution in [-0.4, -0.2) is 23.0 Å². The lowest BCUT2D eigenvalue weighted by molar-refractivity contribution is -0.123. The smallest absolute Gasteiger partial charge is 0.351 e.